The topological polar surface area (TPSA) is 55.1 Å². The van der Waals surface area contributed by atoms with Gasteiger partial charge in [-0.3, -0.25) is 9.78 Å². The van der Waals surface area contributed by atoms with E-state index in [0.717, 1.165) is 21.4 Å². The number of nitrogens with one attached hydrogen (secondary N) is 1. The third kappa shape index (κ3) is 3.46. The molecule has 1 atom stereocenters. The molecule has 0 aliphatic heterocycles. The van der Waals surface area contributed by atoms with Crippen LogP contribution in [0.3, 0.4) is 0 Å². The van der Waals surface area contributed by atoms with E-state index in [1.807, 2.05) is 60.0 Å². The molecule has 3 aromatic heterocycles. The van der Waals surface area contributed by atoms with Crippen molar-refractivity contribution >= 4 is 28.2 Å². The first-order valence-electron chi connectivity index (χ1n) is 8.00. The molecular weight excluding hydrogens is 332 g/mol. The molecular formula is C20H16N2O2S. The molecule has 4 aromatic rings. The van der Waals surface area contributed by atoms with Crippen LogP contribution in [0.1, 0.15) is 22.2 Å². The lowest BCUT2D eigenvalue weighted by Crippen LogP contribution is -2.30. The smallest absolute Gasteiger partial charge is 0.226 e. The summed E-state index contributed by atoms with van der Waals surface area (Å²) in [4.78, 5) is 17.7. The molecule has 25 heavy (non-hydrogen) atoms. The lowest BCUT2D eigenvalue weighted by molar-refractivity contribution is -0.121. The van der Waals surface area contributed by atoms with Crippen molar-refractivity contribution in [2.75, 3.05) is 0 Å². The number of hydrogen-bond donors (Lipinski definition) is 1. The molecule has 0 fully saturated rings. The highest BCUT2D eigenvalue weighted by Gasteiger charge is 2.21. The maximum atomic E-state index is 12.5. The molecule has 1 N–H and O–H groups in total. The van der Waals surface area contributed by atoms with Gasteiger partial charge in [-0.2, -0.15) is 0 Å². The summed E-state index contributed by atoms with van der Waals surface area (Å²) in [7, 11) is 0. The Kier molecular flexibility index (Phi) is 4.31. The van der Waals surface area contributed by atoms with Gasteiger partial charge in [-0.25, -0.2) is 0 Å². The van der Waals surface area contributed by atoms with Crippen molar-refractivity contribution in [1.29, 1.82) is 0 Å². The predicted molar refractivity (Wildman–Crippen MR) is 98.5 cm³/mol. The van der Waals surface area contributed by atoms with Gasteiger partial charge in [0.05, 0.1) is 6.42 Å². The van der Waals surface area contributed by atoms with E-state index in [2.05, 4.69) is 10.3 Å². The van der Waals surface area contributed by atoms with Crippen molar-refractivity contribution in [1.82, 2.24) is 10.3 Å². The van der Waals surface area contributed by atoms with Crippen LogP contribution in [0.15, 0.2) is 76.8 Å². The number of para-hydroxylation sites is 1. The van der Waals surface area contributed by atoms with Gasteiger partial charge in [-0.05, 0) is 29.6 Å². The van der Waals surface area contributed by atoms with Crippen LogP contribution in [0.25, 0.3) is 11.0 Å². The zero-order valence-electron chi connectivity index (χ0n) is 13.4. The number of hydrogen-bond acceptors (Lipinski definition) is 4. The van der Waals surface area contributed by atoms with Gasteiger partial charge in [0.1, 0.15) is 17.4 Å². The van der Waals surface area contributed by atoms with Crippen LogP contribution in [0, 0.1) is 0 Å². The number of carbonyl (C=O) groups is 1. The number of furan rings is 1. The van der Waals surface area contributed by atoms with Gasteiger partial charge >= 0.3 is 0 Å². The fraction of sp³-hybridized carbons (Fsp3) is 0.100. The van der Waals surface area contributed by atoms with Crippen molar-refractivity contribution in [3.63, 3.8) is 0 Å². The summed E-state index contributed by atoms with van der Waals surface area (Å²) in [6.07, 6.45) is 3.82. The first-order chi connectivity index (χ1) is 12.3. The van der Waals surface area contributed by atoms with Gasteiger partial charge in [-0.1, -0.05) is 30.3 Å². The van der Waals surface area contributed by atoms with E-state index in [1.54, 1.807) is 23.7 Å². The molecule has 0 spiro atoms. The van der Waals surface area contributed by atoms with E-state index in [4.69, 9.17) is 4.42 Å². The molecule has 0 bridgehead atoms. The Balaban J connectivity index is 1.65. The number of amides is 1. The van der Waals surface area contributed by atoms with Gasteiger partial charge in [0, 0.05) is 28.2 Å². The van der Waals surface area contributed by atoms with E-state index in [1.165, 1.54) is 0 Å². The Hall–Kier alpha value is -2.92. The number of rotatable bonds is 5. The first kappa shape index (κ1) is 15.6. The predicted octanol–water partition coefficient (Wildman–Crippen LogP) is 4.34. The average molecular weight is 348 g/mol. The number of aromatic nitrogens is 1. The number of nitrogens with zero attached hydrogens (tertiary/aromatic N) is 1. The minimum atomic E-state index is -0.367. The maximum Gasteiger partial charge on any atom is 0.226 e. The molecule has 0 saturated carbocycles. The summed E-state index contributed by atoms with van der Waals surface area (Å²) in [6, 6.07) is 17.1. The summed E-state index contributed by atoms with van der Waals surface area (Å²) in [5, 5.41) is 6.07. The largest absolute Gasteiger partial charge is 0.459 e. The summed E-state index contributed by atoms with van der Waals surface area (Å²) in [5.41, 5.74) is 1.69. The minimum absolute atomic E-state index is 0.0447. The molecule has 124 valence electrons. The summed E-state index contributed by atoms with van der Waals surface area (Å²) in [5.74, 6) is 0.658. The van der Waals surface area contributed by atoms with Gasteiger partial charge in [0.25, 0.3) is 0 Å². The first-order valence-corrected chi connectivity index (χ1v) is 8.88. The third-order valence-corrected chi connectivity index (χ3v) is 4.84. The summed E-state index contributed by atoms with van der Waals surface area (Å²) in [6.45, 7) is 0. The lowest BCUT2D eigenvalue weighted by Gasteiger charge is -2.16. The summed E-state index contributed by atoms with van der Waals surface area (Å²) < 4.78 is 5.98. The summed E-state index contributed by atoms with van der Waals surface area (Å²) >= 11 is 1.58. The van der Waals surface area contributed by atoms with Crippen LogP contribution in [-0.4, -0.2) is 10.9 Å². The fourth-order valence-electron chi connectivity index (χ4n) is 2.79. The Morgan fingerprint density at radius 3 is 2.84 bits per heavy atom. The monoisotopic (exact) mass is 348 g/mol. The van der Waals surface area contributed by atoms with Crippen molar-refractivity contribution in [3.8, 4) is 0 Å². The van der Waals surface area contributed by atoms with E-state index < -0.39 is 0 Å². The molecule has 1 aromatic carbocycles. The molecule has 0 aliphatic carbocycles. The van der Waals surface area contributed by atoms with E-state index in [9.17, 15) is 4.79 Å². The van der Waals surface area contributed by atoms with Gasteiger partial charge < -0.3 is 9.73 Å². The molecule has 0 aliphatic rings. The van der Waals surface area contributed by atoms with E-state index in [-0.39, 0.29) is 11.9 Å². The molecule has 4 rings (SSSR count). The van der Waals surface area contributed by atoms with Gasteiger partial charge in [0.2, 0.25) is 5.91 Å². The Morgan fingerprint density at radius 1 is 1.16 bits per heavy atom. The average Bonchev–Trinajstić information content (AvgIpc) is 3.29. The highest BCUT2D eigenvalue weighted by atomic mass is 32.1. The number of pyridine rings is 1. The quantitative estimate of drug-likeness (QED) is 0.584. The second-order valence-electron chi connectivity index (χ2n) is 5.73. The van der Waals surface area contributed by atoms with Crippen LogP contribution < -0.4 is 5.32 Å². The van der Waals surface area contributed by atoms with Crippen molar-refractivity contribution < 1.29 is 9.21 Å². The highest BCUT2D eigenvalue weighted by Crippen LogP contribution is 2.28. The van der Waals surface area contributed by atoms with Crippen molar-refractivity contribution in [2.24, 2.45) is 0 Å². The number of benzene rings is 1. The van der Waals surface area contributed by atoms with Crippen LogP contribution in [-0.2, 0) is 11.2 Å². The van der Waals surface area contributed by atoms with Crippen LogP contribution in [0.4, 0.5) is 0 Å². The molecule has 3 heterocycles. The highest BCUT2D eigenvalue weighted by molar-refractivity contribution is 7.10. The number of carbonyl (C=O) groups excluding carboxylic acids is 1. The molecule has 0 radical (unpaired) electrons. The standard InChI is InChI=1S/C20H16N2O2S/c23-19(12-16-7-4-10-25-16)22-20(15-6-3-9-21-13-15)18-11-14-5-1-2-8-17(14)24-18/h1-11,13,20H,12H2,(H,22,23)/t20-/m0/s1. The molecule has 0 unspecified atom stereocenters. The zero-order chi connectivity index (χ0) is 17.1. The molecule has 4 nitrogen and oxygen atoms in total. The minimum Gasteiger partial charge on any atom is -0.459 e. The normalized spacial score (nSPS) is 12.2. The number of thiophene rings is 1. The Labute approximate surface area is 149 Å². The van der Waals surface area contributed by atoms with Crippen molar-refractivity contribution in [2.45, 2.75) is 12.5 Å². The molecule has 0 saturated heterocycles. The maximum absolute atomic E-state index is 12.5. The van der Waals surface area contributed by atoms with Crippen LogP contribution in [0.5, 0.6) is 0 Å². The third-order valence-electron chi connectivity index (χ3n) is 3.97. The van der Waals surface area contributed by atoms with E-state index >= 15 is 0 Å². The van der Waals surface area contributed by atoms with Crippen molar-refractivity contribution in [3.05, 3.63) is 88.6 Å². The van der Waals surface area contributed by atoms with Gasteiger partial charge in [-0.15, -0.1) is 11.3 Å². The Bertz CT molecular complexity index is 944. The van der Waals surface area contributed by atoms with Gasteiger partial charge in [0.15, 0.2) is 0 Å². The second kappa shape index (κ2) is 6.91. The number of fused-ring (bicyclic) bond motifs is 1. The van der Waals surface area contributed by atoms with Crippen LogP contribution in [0.2, 0.25) is 0 Å². The van der Waals surface area contributed by atoms with E-state index in [0.29, 0.717) is 12.2 Å². The lowest BCUT2D eigenvalue weighted by atomic mass is 10.1. The molecule has 1 amide bonds. The molecule has 5 heteroatoms. The fourth-order valence-corrected chi connectivity index (χ4v) is 3.50. The SMILES string of the molecule is O=C(Cc1cccs1)N[C@@H](c1cccnc1)c1cc2ccccc2o1. The zero-order valence-corrected chi connectivity index (χ0v) is 14.2. The Morgan fingerprint density at radius 2 is 2.08 bits per heavy atom. The second-order valence-corrected chi connectivity index (χ2v) is 6.76. The van der Waals surface area contributed by atoms with Crippen LogP contribution >= 0.6 is 11.3 Å².